The molecule has 6 heteroatoms. The van der Waals surface area contributed by atoms with Crippen LogP contribution in [-0.2, 0) is 16.4 Å². The number of carbonyl (C=O) groups is 1. The van der Waals surface area contributed by atoms with Crippen molar-refractivity contribution in [2.75, 3.05) is 0 Å². The monoisotopic (exact) mass is 332 g/mol. The third-order valence-electron chi connectivity index (χ3n) is 3.51. The first kappa shape index (κ1) is 17.2. The van der Waals surface area contributed by atoms with Crippen LogP contribution in [-0.4, -0.2) is 20.4 Å². The Hall–Kier alpha value is -2.18. The van der Waals surface area contributed by atoms with Crippen LogP contribution in [0.15, 0.2) is 59.5 Å². The van der Waals surface area contributed by atoms with Gasteiger partial charge in [-0.15, -0.1) is 0 Å². The molecule has 0 saturated heterocycles. The van der Waals surface area contributed by atoms with Crippen molar-refractivity contribution in [2.45, 2.75) is 30.7 Å². The van der Waals surface area contributed by atoms with Gasteiger partial charge in [0.2, 0.25) is 15.9 Å². The van der Waals surface area contributed by atoms with E-state index < -0.39 is 15.9 Å². The van der Waals surface area contributed by atoms with Crippen LogP contribution in [0.2, 0.25) is 0 Å². The molecule has 5 nitrogen and oxygen atoms in total. The van der Waals surface area contributed by atoms with E-state index in [0.29, 0.717) is 6.42 Å². The van der Waals surface area contributed by atoms with Gasteiger partial charge in [-0.2, -0.15) is 0 Å². The van der Waals surface area contributed by atoms with E-state index in [4.69, 9.17) is 5.73 Å². The molecule has 3 N–H and O–H groups in total. The number of nitrogens with one attached hydrogen (secondary N) is 1. The maximum atomic E-state index is 12.3. The highest BCUT2D eigenvalue weighted by molar-refractivity contribution is 7.89. The lowest BCUT2D eigenvalue weighted by Crippen LogP contribution is -2.33. The highest BCUT2D eigenvalue weighted by Gasteiger charge is 2.17. The summed E-state index contributed by atoms with van der Waals surface area (Å²) in [5, 5.41) is 0. The zero-order chi connectivity index (χ0) is 16.9. The summed E-state index contributed by atoms with van der Waals surface area (Å²) >= 11 is 0. The fraction of sp³-hybridized carbons (Fsp3) is 0.235. The SMILES string of the molecule is C[C@@H](CCc1ccccc1)NS(=O)(=O)c1ccc(C(N)=O)cc1. The standard InChI is InChI=1S/C17H20N2O3S/c1-13(7-8-14-5-3-2-4-6-14)19-23(21,22)16-11-9-15(10-12-16)17(18)20/h2-6,9-13,19H,7-8H2,1H3,(H2,18,20)/t13-/m0/s1. The Kier molecular flexibility index (Phi) is 5.52. The molecule has 2 aromatic carbocycles. The molecule has 0 heterocycles. The lowest BCUT2D eigenvalue weighted by Gasteiger charge is -2.14. The molecule has 122 valence electrons. The summed E-state index contributed by atoms with van der Waals surface area (Å²) in [6.45, 7) is 1.83. The third kappa shape index (κ3) is 4.91. The molecule has 1 atom stereocenters. The summed E-state index contributed by atoms with van der Waals surface area (Å²) in [5.74, 6) is -0.585. The number of benzene rings is 2. The van der Waals surface area contributed by atoms with Crippen molar-refractivity contribution >= 4 is 15.9 Å². The molecular formula is C17H20N2O3S. The minimum Gasteiger partial charge on any atom is -0.366 e. The van der Waals surface area contributed by atoms with E-state index in [1.54, 1.807) is 0 Å². The van der Waals surface area contributed by atoms with Crippen molar-refractivity contribution in [1.82, 2.24) is 4.72 Å². The second-order valence-corrected chi connectivity index (χ2v) is 7.15. The van der Waals surface area contributed by atoms with E-state index in [1.165, 1.54) is 29.8 Å². The molecule has 0 aliphatic heterocycles. The van der Waals surface area contributed by atoms with E-state index in [2.05, 4.69) is 4.72 Å². The average molecular weight is 332 g/mol. The molecule has 0 bridgehead atoms. The van der Waals surface area contributed by atoms with Crippen LogP contribution >= 0.6 is 0 Å². The molecule has 0 aromatic heterocycles. The molecular weight excluding hydrogens is 312 g/mol. The summed E-state index contributed by atoms with van der Waals surface area (Å²) < 4.78 is 27.3. The minimum atomic E-state index is -3.61. The van der Waals surface area contributed by atoms with Crippen LogP contribution in [0.25, 0.3) is 0 Å². The Morgan fingerprint density at radius 2 is 1.70 bits per heavy atom. The van der Waals surface area contributed by atoms with Crippen LogP contribution < -0.4 is 10.5 Å². The Morgan fingerprint density at radius 3 is 2.26 bits per heavy atom. The molecule has 2 rings (SSSR count). The van der Waals surface area contributed by atoms with E-state index in [-0.39, 0.29) is 16.5 Å². The summed E-state index contributed by atoms with van der Waals surface area (Å²) in [5.41, 5.74) is 6.59. The Balaban J connectivity index is 1.98. The Labute approximate surface area is 136 Å². The number of sulfonamides is 1. The van der Waals surface area contributed by atoms with Crippen molar-refractivity contribution < 1.29 is 13.2 Å². The van der Waals surface area contributed by atoms with E-state index in [1.807, 2.05) is 37.3 Å². The van der Waals surface area contributed by atoms with Gasteiger partial charge in [-0.25, -0.2) is 13.1 Å². The molecule has 0 fully saturated rings. The van der Waals surface area contributed by atoms with Crippen molar-refractivity contribution in [1.29, 1.82) is 0 Å². The van der Waals surface area contributed by atoms with E-state index in [9.17, 15) is 13.2 Å². The van der Waals surface area contributed by atoms with Crippen LogP contribution in [0.5, 0.6) is 0 Å². The quantitative estimate of drug-likeness (QED) is 0.813. The number of carbonyl (C=O) groups excluding carboxylic acids is 1. The van der Waals surface area contributed by atoms with Crippen LogP contribution in [0, 0.1) is 0 Å². The van der Waals surface area contributed by atoms with Gasteiger partial charge in [0.05, 0.1) is 4.90 Å². The number of rotatable bonds is 7. The van der Waals surface area contributed by atoms with E-state index in [0.717, 1.165) is 6.42 Å². The lowest BCUT2D eigenvalue weighted by atomic mass is 10.1. The second kappa shape index (κ2) is 7.39. The number of primary amides is 1. The largest absolute Gasteiger partial charge is 0.366 e. The van der Waals surface area contributed by atoms with Crippen molar-refractivity contribution in [3.8, 4) is 0 Å². The Morgan fingerprint density at radius 1 is 1.09 bits per heavy atom. The predicted molar refractivity (Wildman–Crippen MR) is 89.5 cm³/mol. The second-order valence-electron chi connectivity index (χ2n) is 5.44. The first-order valence-corrected chi connectivity index (χ1v) is 8.83. The third-order valence-corrected chi connectivity index (χ3v) is 5.12. The van der Waals surface area contributed by atoms with Crippen molar-refractivity contribution in [3.63, 3.8) is 0 Å². The van der Waals surface area contributed by atoms with Gasteiger partial charge in [-0.05, 0) is 49.6 Å². The smallest absolute Gasteiger partial charge is 0.248 e. The summed E-state index contributed by atoms with van der Waals surface area (Å²) in [4.78, 5) is 11.1. The molecule has 0 aliphatic carbocycles. The fourth-order valence-electron chi connectivity index (χ4n) is 2.22. The first-order chi connectivity index (χ1) is 10.9. The van der Waals surface area contributed by atoms with Crippen LogP contribution in [0.1, 0.15) is 29.3 Å². The zero-order valence-corrected chi connectivity index (χ0v) is 13.7. The molecule has 23 heavy (non-hydrogen) atoms. The predicted octanol–water partition coefficient (Wildman–Crippen LogP) is 2.09. The number of nitrogens with two attached hydrogens (primary N) is 1. The van der Waals surface area contributed by atoms with Gasteiger partial charge in [-0.3, -0.25) is 4.79 Å². The summed E-state index contributed by atoms with van der Waals surface area (Å²) in [7, 11) is -3.61. The number of amides is 1. The number of hydrogen-bond donors (Lipinski definition) is 2. The van der Waals surface area contributed by atoms with Gasteiger partial charge in [0, 0.05) is 11.6 Å². The normalized spacial score (nSPS) is 12.7. The van der Waals surface area contributed by atoms with Crippen molar-refractivity contribution in [2.24, 2.45) is 5.73 Å². The lowest BCUT2D eigenvalue weighted by molar-refractivity contribution is 0.1000. The zero-order valence-electron chi connectivity index (χ0n) is 12.9. The van der Waals surface area contributed by atoms with Crippen molar-refractivity contribution in [3.05, 3.63) is 65.7 Å². The number of aryl methyl sites for hydroxylation is 1. The molecule has 0 unspecified atom stereocenters. The maximum absolute atomic E-state index is 12.3. The highest BCUT2D eigenvalue weighted by atomic mass is 32.2. The first-order valence-electron chi connectivity index (χ1n) is 7.34. The van der Waals surface area contributed by atoms with Gasteiger partial charge in [-0.1, -0.05) is 30.3 Å². The molecule has 0 radical (unpaired) electrons. The Bertz CT molecular complexity index is 756. The summed E-state index contributed by atoms with van der Waals surface area (Å²) in [6.07, 6.45) is 1.49. The molecule has 0 spiro atoms. The van der Waals surface area contributed by atoms with Gasteiger partial charge in [0.25, 0.3) is 0 Å². The fourth-order valence-corrected chi connectivity index (χ4v) is 3.50. The van der Waals surface area contributed by atoms with Crippen LogP contribution in [0.4, 0.5) is 0 Å². The average Bonchev–Trinajstić information content (AvgIpc) is 2.53. The molecule has 1 amide bonds. The van der Waals surface area contributed by atoms with E-state index >= 15 is 0 Å². The topological polar surface area (TPSA) is 89.3 Å². The number of hydrogen-bond acceptors (Lipinski definition) is 3. The molecule has 2 aromatic rings. The van der Waals surface area contributed by atoms with Gasteiger partial charge in [0.15, 0.2) is 0 Å². The minimum absolute atomic E-state index is 0.120. The van der Waals surface area contributed by atoms with Crippen LogP contribution in [0.3, 0.4) is 0 Å². The highest BCUT2D eigenvalue weighted by Crippen LogP contribution is 2.12. The van der Waals surface area contributed by atoms with Gasteiger partial charge >= 0.3 is 0 Å². The van der Waals surface area contributed by atoms with Gasteiger partial charge in [0.1, 0.15) is 0 Å². The molecule has 0 saturated carbocycles. The summed E-state index contributed by atoms with van der Waals surface area (Å²) in [6, 6.07) is 15.3. The maximum Gasteiger partial charge on any atom is 0.248 e. The van der Waals surface area contributed by atoms with Gasteiger partial charge < -0.3 is 5.73 Å². The molecule has 0 aliphatic rings.